The number of phenols is 1. The first kappa shape index (κ1) is 17.3. The van der Waals surface area contributed by atoms with Crippen LogP contribution in [0.5, 0.6) is 5.75 Å². The van der Waals surface area contributed by atoms with Gasteiger partial charge in [-0.2, -0.15) is 0 Å². The summed E-state index contributed by atoms with van der Waals surface area (Å²) in [6.07, 6.45) is 0. The van der Waals surface area contributed by atoms with Crippen LogP contribution in [-0.2, 0) is 15.5 Å². The monoisotopic (exact) mass is 379 g/mol. The molecular formula is C17H11ClFNO4S. The third-order valence-corrected chi connectivity index (χ3v) is 4.66. The normalized spacial score (nSPS) is 12.1. The van der Waals surface area contributed by atoms with Crippen LogP contribution in [0.15, 0.2) is 59.5 Å². The summed E-state index contributed by atoms with van der Waals surface area (Å²) in [7, 11) is 0. The van der Waals surface area contributed by atoms with E-state index in [1.54, 1.807) is 18.2 Å². The topological polar surface area (TPSA) is 75.6 Å². The van der Waals surface area contributed by atoms with Crippen LogP contribution in [0.2, 0.25) is 5.02 Å². The maximum absolute atomic E-state index is 12.5. The number of phenolic OH excluding ortho intramolecular Hbond substituents is 1. The Hall–Kier alpha value is -2.48. The van der Waals surface area contributed by atoms with Gasteiger partial charge >= 0.3 is 0 Å². The van der Waals surface area contributed by atoms with Crippen LogP contribution in [0.3, 0.4) is 0 Å². The first-order valence-corrected chi connectivity index (χ1v) is 8.49. The summed E-state index contributed by atoms with van der Waals surface area (Å²) in [6.45, 7) is 0. The molecule has 3 rings (SSSR count). The van der Waals surface area contributed by atoms with Crippen molar-refractivity contribution >= 4 is 45.0 Å². The molecule has 0 aliphatic rings. The zero-order valence-corrected chi connectivity index (χ0v) is 14.1. The highest BCUT2D eigenvalue weighted by molar-refractivity contribution is 7.80. The van der Waals surface area contributed by atoms with E-state index in [0.29, 0.717) is 5.39 Å². The van der Waals surface area contributed by atoms with Gasteiger partial charge in [0.25, 0.3) is 5.91 Å². The van der Waals surface area contributed by atoms with Crippen molar-refractivity contribution in [3.63, 3.8) is 0 Å². The lowest BCUT2D eigenvalue weighted by Gasteiger charge is -2.11. The van der Waals surface area contributed by atoms with E-state index in [9.17, 15) is 18.6 Å². The molecule has 1 amide bonds. The van der Waals surface area contributed by atoms with Gasteiger partial charge in [-0.05, 0) is 34.2 Å². The van der Waals surface area contributed by atoms with Gasteiger partial charge < -0.3 is 10.4 Å². The average molecular weight is 380 g/mol. The lowest BCUT2D eigenvalue weighted by atomic mass is 10.0. The maximum atomic E-state index is 12.5. The molecule has 3 aromatic rings. The standard InChI is InChI=1S/C17H11ClFNO4S/c18-14-8-6-11(25(23)24-19)9-15(14)20-17(22)13-7-5-10-3-1-2-4-12(10)16(13)21/h1-9,21H,(H,20,22)/t25-/m0/s1. The number of aromatic hydroxyl groups is 1. The van der Waals surface area contributed by atoms with Crippen LogP contribution in [0.4, 0.5) is 10.2 Å². The molecule has 25 heavy (non-hydrogen) atoms. The number of amides is 1. The lowest BCUT2D eigenvalue weighted by Crippen LogP contribution is -2.13. The minimum absolute atomic E-state index is 0.00932. The van der Waals surface area contributed by atoms with E-state index in [2.05, 4.69) is 9.70 Å². The minimum Gasteiger partial charge on any atom is -0.506 e. The average Bonchev–Trinajstić information content (AvgIpc) is 2.63. The van der Waals surface area contributed by atoms with Gasteiger partial charge in [0.15, 0.2) is 0 Å². The van der Waals surface area contributed by atoms with E-state index in [1.165, 1.54) is 24.3 Å². The second kappa shape index (κ2) is 7.18. The molecule has 0 bridgehead atoms. The third-order valence-electron chi connectivity index (χ3n) is 3.58. The van der Waals surface area contributed by atoms with Gasteiger partial charge in [0.2, 0.25) is 11.1 Å². The molecular weight excluding hydrogens is 369 g/mol. The molecule has 0 unspecified atom stereocenters. The first-order valence-electron chi connectivity index (χ1n) is 7.03. The summed E-state index contributed by atoms with van der Waals surface area (Å²) < 4.78 is 26.7. The van der Waals surface area contributed by atoms with Crippen molar-refractivity contribution in [3.05, 3.63) is 65.2 Å². The number of carbonyl (C=O) groups excluding carboxylic acids is 1. The highest BCUT2D eigenvalue weighted by Gasteiger charge is 2.16. The van der Waals surface area contributed by atoms with Crippen LogP contribution in [-0.4, -0.2) is 15.2 Å². The van der Waals surface area contributed by atoms with Crippen LogP contribution in [0.25, 0.3) is 10.8 Å². The first-order chi connectivity index (χ1) is 12.0. The second-order valence-corrected chi connectivity index (χ2v) is 6.55. The summed E-state index contributed by atoms with van der Waals surface area (Å²) in [4.78, 5) is 12.5. The van der Waals surface area contributed by atoms with E-state index >= 15 is 0 Å². The molecule has 2 N–H and O–H groups in total. The molecule has 0 spiro atoms. The zero-order valence-electron chi connectivity index (χ0n) is 12.5. The molecule has 0 fully saturated rings. The number of hydrogen-bond donors (Lipinski definition) is 2. The Morgan fingerprint density at radius 2 is 1.92 bits per heavy atom. The molecule has 0 aliphatic carbocycles. The van der Waals surface area contributed by atoms with E-state index in [0.717, 1.165) is 5.39 Å². The van der Waals surface area contributed by atoms with Crippen LogP contribution >= 0.6 is 11.6 Å². The van der Waals surface area contributed by atoms with Crippen molar-refractivity contribution in [2.45, 2.75) is 4.90 Å². The summed E-state index contributed by atoms with van der Waals surface area (Å²) in [5, 5.41) is 14.3. The molecule has 128 valence electrons. The highest BCUT2D eigenvalue weighted by Crippen LogP contribution is 2.30. The Morgan fingerprint density at radius 3 is 2.68 bits per heavy atom. The second-order valence-electron chi connectivity index (χ2n) is 5.08. The zero-order chi connectivity index (χ0) is 18.0. The van der Waals surface area contributed by atoms with E-state index in [-0.39, 0.29) is 26.9 Å². The summed E-state index contributed by atoms with van der Waals surface area (Å²) in [5.74, 6) is -0.784. The van der Waals surface area contributed by atoms with Crippen molar-refractivity contribution in [1.82, 2.24) is 0 Å². The Bertz CT molecular complexity index is 996. The van der Waals surface area contributed by atoms with Gasteiger partial charge in [0.05, 0.1) is 21.2 Å². The fourth-order valence-electron chi connectivity index (χ4n) is 2.37. The van der Waals surface area contributed by atoms with Gasteiger partial charge in [-0.15, -0.1) is 0 Å². The summed E-state index contributed by atoms with van der Waals surface area (Å²) in [6, 6.07) is 14.1. The Balaban J connectivity index is 1.95. The number of hydrogen-bond acceptors (Lipinski definition) is 4. The van der Waals surface area contributed by atoms with Crippen molar-refractivity contribution in [2.75, 3.05) is 5.32 Å². The molecule has 0 saturated heterocycles. The number of benzene rings is 3. The predicted molar refractivity (Wildman–Crippen MR) is 93.6 cm³/mol. The Morgan fingerprint density at radius 1 is 1.16 bits per heavy atom. The van der Waals surface area contributed by atoms with E-state index in [1.807, 2.05) is 12.1 Å². The maximum Gasteiger partial charge on any atom is 0.259 e. The SMILES string of the molecule is O=C(Nc1cc([S@@](=O)OF)ccc1Cl)c1ccc2ccccc2c1O. The minimum atomic E-state index is -2.32. The molecule has 8 heteroatoms. The van der Waals surface area contributed by atoms with Crippen molar-refractivity contribution in [1.29, 1.82) is 0 Å². The van der Waals surface area contributed by atoms with Crippen LogP contribution in [0.1, 0.15) is 10.4 Å². The Kier molecular flexibility index (Phi) is 4.98. The van der Waals surface area contributed by atoms with Crippen LogP contribution in [0, 0.1) is 0 Å². The summed E-state index contributed by atoms with van der Waals surface area (Å²) in [5.41, 5.74) is 0.158. The molecule has 0 heterocycles. The van der Waals surface area contributed by atoms with Gasteiger partial charge in [-0.25, -0.2) is 4.21 Å². The van der Waals surface area contributed by atoms with Crippen molar-refractivity contribution < 1.29 is 23.0 Å². The van der Waals surface area contributed by atoms with Gasteiger partial charge in [0.1, 0.15) is 5.75 Å². The number of carbonyl (C=O) groups is 1. The van der Waals surface area contributed by atoms with Crippen molar-refractivity contribution in [2.24, 2.45) is 0 Å². The van der Waals surface area contributed by atoms with E-state index < -0.39 is 17.0 Å². The fourth-order valence-corrected chi connectivity index (χ4v) is 3.00. The largest absolute Gasteiger partial charge is 0.506 e. The molecule has 3 aromatic carbocycles. The predicted octanol–water partition coefficient (Wildman–Crippen LogP) is 4.37. The quantitative estimate of drug-likeness (QED) is 0.705. The van der Waals surface area contributed by atoms with Gasteiger partial charge in [-0.3, -0.25) is 4.79 Å². The number of fused-ring (bicyclic) bond motifs is 1. The van der Waals surface area contributed by atoms with Crippen molar-refractivity contribution in [3.8, 4) is 5.75 Å². The smallest absolute Gasteiger partial charge is 0.259 e. The number of nitrogens with one attached hydrogen (secondary N) is 1. The van der Waals surface area contributed by atoms with Crippen LogP contribution < -0.4 is 5.32 Å². The molecule has 1 atom stereocenters. The number of anilines is 1. The van der Waals surface area contributed by atoms with Gasteiger partial charge in [0, 0.05) is 5.39 Å². The highest BCUT2D eigenvalue weighted by atomic mass is 35.5. The van der Waals surface area contributed by atoms with E-state index in [4.69, 9.17) is 11.6 Å². The molecule has 5 nitrogen and oxygen atoms in total. The van der Waals surface area contributed by atoms with Gasteiger partial charge in [-0.1, -0.05) is 46.3 Å². The summed E-state index contributed by atoms with van der Waals surface area (Å²) >= 11 is 3.68. The fraction of sp³-hybridized carbons (Fsp3) is 0. The molecule has 0 saturated carbocycles. The molecule has 0 aromatic heterocycles. The molecule has 0 radical (unpaired) electrons. The Labute approximate surface area is 149 Å². The number of rotatable bonds is 4. The lowest BCUT2D eigenvalue weighted by molar-refractivity contribution is 0.0125. The molecule has 0 aliphatic heterocycles. The number of halogens is 2. The third kappa shape index (κ3) is 3.48.